The third-order valence-electron chi connectivity index (χ3n) is 19.1. The van der Waals surface area contributed by atoms with Gasteiger partial charge in [0.15, 0.2) is 10.8 Å². The van der Waals surface area contributed by atoms with Gasteiger partial charge in [0.05, 0.1) is 40.9 Å². The summed E-state index contributed by atoms with van der Waals surface area (Å²) < 4.78 is 40.2. The maximum absolute atomic E-state index is 13.8. The number of thiazole rings is 1. The average Bonchev–Trinajstić information content (AvgIpc) is 0.706. The minimum atomic E-state index is -3.98. The Kier molecular flexibility index (Phi) is 20.0. The molecular formula is C69H82N12O13S2. The number of hydrogen-bond acceptors (Lipinski definition) is 17. The zero-order valence-electron chi connectivity index (χ0n) is 54.6. The number of nitrogens with zero attached hydrogens (tertiary/aromatic N) is 7. The van der Waals surface area contributed by atoms with Crippen molar-refractivity contribution in [2.45, 2.75) is 137 Å². The number of benzene rings is 3. The van der Waals surface area contributed by atoms with Crippen LogP contribution in [0.25, 0.3) is 21.3 Å². The number of ether oxygens (including phenoxy) is 2. The maximum atomic E-state index is 13.8. The number of carbonyl (C=O) groups excluding carboxylic acids is 7. The Bertz CT molecular complexity index is 4100. The van der Waals surface area contributed by atoms with Crippen molar-refractivity contribution in [1.29, 1.82) is 0 Å². The summed E-state index contributed by atoms with van der Waals surface area (Å²) in [5, 5.41) is 32.6. The van der Waals surface area contributed by atoms with E-state index < -0.39 is 51.3 Å². The number of unbranched alkanes of at least 4 members (excludes halogenated alkanes) is 2. The first-order chi connectivity index (χ1) is 45.7. The number of carboxylic acids is 1. The van der Waals surface area contributed by atoms with E-state index in [9.17, 15) is 51.9 Å². The molecule has 0 saturated heterocycles. The average molecular weight is 1350 g/mol. The Morgan fingerprint density at radius 1 is 0.823 bits per heavy atom. The van der Waals surface area contributed by atoms with E-state index in [2.05, 4.69) is 40.1 Å². The fourth-order valence-electron chi connectivity index (χ4n) is 15.9. The van der Waals surface area contributed by atoms with Crippen molar-refractivity contribution in [3.8, 4) is 11.1 Å². The third kappa shape index (κ3) is 16.0. The molecule has 4 aliphatic carbocycles. The number of rotatable bonds is 28. The van der Waals surface area contributed by atoms with Crippen LogP contribution in [0.2, 0.25) is 0 Å². The number of aromatic carboxylic acids is 1. The van der Waals surface area contributed by atoms with Crippen LogP contribution in [0.4, 0.5) is 21.4 Å². The summed E-state index contributed by atoms with van der Waals surface area (Å²) in [6.45, 7) is 11.2. The molecule has 5 heterocycles. The minimum Gasteiger partial charge on any atom is -0.476 e. The van der Waals surface area contributed by atoms with Gasteiger partial charge in [0, 0.05) is 85.9 Å². The molecule has 3 unspecified atom stereocenters. The highest BCUT2D eigenvalue weighted by molar-refractivity contribution is 7.89. The number of amides is 7. The molecule has 6 aliphatic rings. The van der Waals surface area contributed by atoms with E-state index in [-0.39, 0.29) is 97.3 Å². The number of hydrogen-bond donors (Lipinski definition) is 6. The van der Waals surface area contributed by atoms with Crippen LogP contribution in [0, 0.1) is 29.1 Å². The van der Waals surface area contributed by atoms with Gasteiger partial charge in [-0.05, 0) is 146 Å². The molecule has 7 N–H and O–H groups in total. The van der Waals surface area contributed by atoms with Gasteiger partial charge >= 0.3 is 12.1 Å². The Morgan fingerprint density at radius 2 is 1.56 bits per heavy atom. The third-order valence-corrected chi connectivity index (χ3v) is 20.8. The molecule has 7 amide bonds. The molecule has 3 atom stereocenters. The number of anilines is 3. The summed E-state index contributed by atoms with van der Waals surface area (Å²) in [5.74, 6) is -3.88. The van der Waals surface area contributed by atoms with Gasteiger partial charge in [-0.2, -0.15) is 5.10 Å². The molecule has 0 spiro atoms. The summed E-state index contributed by atoms with van der Waals surface area (Å²) in [6.07, 6.45) is 11.0. The Hall–Kier alpha value is -8.92. The Balaban J connectivity index is 0.677. The summed E-state index contributed by atoms with van der Waals surface area (Å²) in [6, 6.07) is 22.6. The lowest BCUT2D eigenvalue weighted by Gasteiger charge is -2.69. The van der Waals surface area contributed by atoms with Gasteiger partial charge in [0.2, 0.25) is 27.7 Å². The highest BCUT2D eigenvalue weighted by atomic mass is 32.2. The van der Waals surface area contributed by atoms with Gasteiger partial charge in [-0.3, -0.25) is 43.7 Å². The van der Waals surface area contributed by atoms with Crippen LogP contribution in [-0.4, -0.2) is 147 Å². The van der Waals surface area contributed by atoms with E-state index in [1.54, 1.807) is 56.4 Å². The number of sulfonamides is 1. The van der Waals surface area contributed by atoms with Crippen LogP contribution < -0.4 is 31.3 Å². The topological polar surface area (TPSA) is 337 Å². The second-order valence-corrected chi connectivity index (χ2v) is 30.3. The second kappa shape index (κ2) is 28.0. The van der Waals surface area contributed by atoms with Crippen molar-refractivity contribution in [2.24, 2.45) is 27.3 Å². The van der Waals surface area contributed by atoms with Crippen LogP contribution in [0.1, 0.15) is 135 Å². The summed E-state index contributed by atoms with van der Waals surface area (Å²) in [7, 11) is -3.98. The molecule has 12 rings (SSSR count). The zero-order valence-corrected chi connectivity index (χ0v) is 56.2. The number of carbonyl (C=O) groups is 8. The fourth-order valence-corrected chi connectivity index (χ4v) is 17.2. The number of aromatic nitrogens is 4. The van der Waals surface area contributed by atoms with Crippen LogP contribution >= 0.6 is 11.3 Å². The lowest BCUT2D eigenvalue weighted by Crippen LogP contribution is -2.64. The standard InChI is InChI=1S/C69H82N12O13S2/c1-43(2)59(76-55(82)16-7-6-10-26-80-57(84)23-24-58(80)85)62(87)71-33-56(83)73-47-19-17-45(18-20-47)35-93-65(90)78(29-31-96(70,91)92)28-30-94-69-39-66(4)36-67(5,40-69)38-68(37-66,41-69)42-81-44(3)50(32-72-81)48-21-22-54(75-60(48)63(88)89)79-27-25-46-12-11-13-49(51(46)34-79)61(86)77-64-74-52-14-8-9-15-53(52)95-64/h8-9,11-15,17-24,32,43,59H,6-7,10,16,25-31,33-42H2,1-5H3,(H,71,87)(H,73,83)(H,76,82)(H,88,89)(H2,70,91,92)(H,74,77,86). The van der Waals surface area contributed by atoms with E-state index in [1.807, 2.05) is 59.0 Å². The smallest absolute Gasteiger partial charge is 0.410 e. The van der Waals surface area contributed by atoms with Gasteiger partial charge in [-0.1, -0.05) is 81.9 Å². The van der Waals surface area contributed by atoms with Crippen LogP contribution in [0.3, 0.4) is 0 Å². The number of primary sulfonamides is 1. The molecule has 4 bridgehead atoms. The van der Waals surface area contributed by atoms with Gasteiger partial charge < -0.3 is 40.3 Å². The zero-order chi connectivity index (χ0) is 68.3. The highest BCUT2D eigenvalue weighted by Gasteiger charge is 2.66. The predicted molar refractivity (Wildman–Crippen MR) is 360 cm³/mol. The van der Waals surface area contributed by atoms with E-state index in [1.165, 1.54) is 28.4 Å². The largest absolute Gasteiger partial charge is 0.476 e. The molecule has 2 aliphatic heterocycles. The van der Waals surface area contributed by atoms with Crippen LogP contribution in [0.15, 0.2) is 97.2 Å². The Morgan fingerprint density at radius 3 is 2.27 bits per heavy atom. The first kappa shape index (κ1) is 68.5. The molecule has 96 heavy (non-hydrogen) atoms. The first-order valence-corrected chi connectivity index (χ1v) is 35.0. The summed E-state index contributed by atoms with van der Waals surface area (Å²) in [4.78, 5) is 117. The molecule has 3 aromatic carbocycles. The van der Waals surface area contributed by atoms with E-state index >= 15 is 0 Å². The number of imide groups is 1. The van der Waals surface area contributed by atoms with E-state index in [0.29, 0.717) is 90.6 Å². The van der Waals surface area contributed by atoms with Crippen molar-refractivity contribution < 1.29 is 61.4 Å². The summed E-state index contributed by atoms with van der Waals surface area (Å²) in [5.41, 5.74) is 4.98. The normalized spacial score (nSPS) is 21.3. The van der Waals surface area contributed by atoms with Crippen LogP contribution in [-0.2, 0) is 69.6 Å². The fraction of sp³-hybridized carbons (Fsp3) is 0.464. The maximum Gasteiger partial charge on any atom is 0.410 e. The number of pyridine rings is 1. The number of nitrogens with one attached hydrogen (secondary N) is 4. The number of nitrogens with two attached hydrogens (primary N) is 1. The van der Waals surface area contributed by atoms with Gasteiger partial charge in [-0.15, -0.1) is 0 Å². The molecule has 4 saturated carbocycles. The molecule has 3 aromatic heterocycles. The lowest BCUT2D eigenvalue weighted by molar-refractivity contribution is -0.248. The van der Waals surface area contributed by atoms with Crippen molar-refractivity contribution >= 4 is 95.7 Å². The SMILES string of the molecule is Cc1c(-c2ccc(N3CCc4cccc(C(=O)Nc5nc6ccccc6s5)c4C3)nc2C(=O)O)cnn1CC12CC3(C)CC(C)(C1)CC(OCCN(CCS(N)(=O)=O)C(=O)OCc1ccc(NC(=O)CNC(=O)C(NC(=O)CCCCCN4C(=O)C=CC4=O)C(C)C)cc1)(C3)C2. The molecule has 4 fully saturated rings. The van der Waals surface area contributed by atoms with Crippen molar-refractivity contribution in [1.82, 2.24) is 40.2 Å². The molecule has 508 valence electrons. The van der Waals surface area contributed by atoms with E-state index in [4.69, 9.17) is 24.7 Å². The van der Waals surface area contributed by atoms with Gasteiger partial charge in [0.25, 0.3) is 17.7 Å². The molecule has 0 radical (unpaired) electrons. The molecule has 25 nitrogen and oxygen atoms in total. The lowest BCUT2D eigenvalue weighted by atomic mass is 9.39. The second-order valence-electron chi connectivity index (χ2n) is 27.6. The van der Waals surface area contributed by atoms with Crippen molar-refractivity contribution in [3.05, 3.63) is 131 Å². The number of para-hydroxylation sites is 1. The molecule has 27 heteroatoms. The van der Waals surface area contributed by atoms with Gasteiger partial charge in [-0.25, -0.2) is 33.1 Å². The quantitative estimate of drug-likeness (QED) is 0.0199. The predicted octanol–water partition coefficient (Wildman–Crippen LogP) is 8.12. The highest BCUT2D eigenvalue weighted by Crippen LogP contribution is 2.72. The molecule has 6 aromatic rings. The summed E-state index contributed by atoms with van der Waals surface area (Å²) >= 11 is 1.40. The van der Waals surface area contributed by atoms with Crippen LogP contribution in [0.5, 0.6) is 0 Å². The van der Waals surface area contributed by atoms with E-state index in [0.717, 1.165) is 64.0 Å². The monoisotopic (exact) mass is 1350 g/mol. The first-order valence-electron chi connectivity index (χ1n) is 32.5. The Labute approximate surface area is 561 Å². The van der Waals surface area contributed by atoms with Crippen molar-refractivity contribution in [3.63, 3.8) is 0 Å². The van der Waals surface area contributed by atoms with Gasteiger partial charge in [0.1, 0.15) is 18.5 Å². The number of carboxylic acid groups (broad SMARTS) is 1. The minimum absolute atomic E-state index is 0.0187. The number of fused-ring (bicyclic) bond motifs is 2. The van der Waals surface area contributed by atoms with Crippen molar-refractivity contribution in [2.75, 3.05) is 60.6 Å². The molecular weight excluding hydrogens is 1270 g/mol.